The van der Waals surface area contributed by atoms with Crippen molar-refractivity contribution in [3.8, 4) is 11.4 Å². The molecular formula is C27H28FN5O3. The summed E-state index contributed by atoms with van der Waals surface area (Å²) in [7, 11) is 3.34. The molecule has 2 aliphatic heterocycles. The van der Waals surface area contributed by atoms with E-state index in [1.807, 2.05) is 42.0 Å². The van der Waals surface area contributed by atoms with Crippen molar-refractivity contribution in [1.82, 2.24) is 19.4 Å². The Kier molecular flexibility index (Phi) is 6.09. The summed E-state index contributed by atoms with van der Waals surface area (Å²) in [6.45, 7) is 2.42. The molecule has 2 aromatic carbocycles. The third kappa shape index (κ3) is 3.95. The zero-order chi connectivity index (χ0) is 25.4. The molecule has 3 aromatic rings. The molecule has 1 saturated heterocycles. The number of nitrogens with zero attached hydrogens (tertiary/aromatic N) is 5. The average molecular weight is 490 g/mol. The number of benzene rings is 2. The van der Waals surface area contributed by atoms with Gasteiger partial charge in [0.25, 0.3) is 0 Å². The highest BCUT2D eigenvalue weighted by atomic mass is 19.1. The monoisotopic (exact) mass is 489 g/mol. The Morgan fingerprint density at radius 2 is 2.00 bits per heavy atom. The second-order valence-corrected chi connectivity index (χ2v) is 9.15. The molecule has 2 amide bonds. The van der Waals surface area contributed by atoms with E-state index in [9.17, 15) is 14.3 Å². The first-order valence-electron chi connectivity index (χ1n) is 11.7. The fraction of sp³-hybridized carbons (Fsp3) is 0.296. The first-order valence-corrected chi connectivity index (χ1v) is 11.7. The van der Waals surface area contributed by atoms with E-state index in [0.717, 1.165) is 22.5 Å². The van der Waals surface area contributed by atoms with Crippen LogP contribution in [0.5, 0.6) is 5.75 Å². The minimum absolute atomic E-state index is 0.257. The molecule has 1 atom stereocenters. The van der Waals surface area contributed by atoms with Crippen LogP contribution in [0.15, 0.2) is 65.6 Å². The van der Waals surface area contributed by atoms with E-state index in [-0.39, 0.29) is 18.5 Å². The number of hydrogen-bond donors (Lipinski definition) is 1. The Labute approximate surface area is 209 Å². The van der Waals surface area contributed by atoms with Crippen LogP contribution in [0.1, 0.15) is 23.2 Å². The first kappa shape index (κ1) is 23.7. The fourth-order valence-corrected chi connectivity index (χ4v) is 4.95. The molecule has 0 spiro atoms. The van der Waals surface area contributed by atoms with Crippen LogP contribution < -0.4 is 4.74 Å². The Hall–Kier alpha value is -3.98. The van der Waals surface area contributed by atoms with Crippen molar-refractivity contribution in [2.24, 2.45) is 4.99 Å². The zero-order valence-electron chi connectivity index (χ0n) is 20.5. The lowest BCUT2D eigenvalue weighted by Gasteiger charge is -2.50. The maximum Gasteiger partial charge on any atom is 0.326 e. The summed E-state index contributed by atoms with van der Waals surface area (Å²) in [6, 6.07) is 11.6. The van der Waals surface area contributed by atoms with E-state index in [0.29, 0.717) is 36.7 Å². The number of methoxy groups -OCH3 is 1. The SMILES string of the molecule is COc1cc(C=C2CN(C)C(=O)N3C2=NCCC3(CO)c2ccc(F)cc2)ccc1-n1cnc(C)c1. The van der Waals surface area contributed by atoms with Crippen LogP contribution in [0.2, 0.25) is 0 Å². The fourth-order valence-electron chi connectivity index (χ4n) is 4.95. The van der Waals surface area contributed by atoms with Crippen molar-refractivity contribution in [2.45, 2.75) is 18.9 Å². The van der Waals surface area contributed by atoms with Gasteiger partial charge in [0.2, 0.25) is 0 Å². The predicted octanol–water partition coefficient (Wildman–Crippen LogP) is 3.77. The Balaban J connectivity index is 1.56. The molecule has 3 heterocycles. The van der Waals surface area contributed by atoms with E-state index in [1.54, 1.807) is 42.4 Å². The van der Waals surface area contributed by atoms with Crippen molar-refractivity contribution in [3.05, 3.63) is 83.2 Å². The van der Waals surface area contributed by atoms with Crippen molar-refractivity contribution < 1.29 is 19.0 Å². The number of rotatable bonds is 5. The Morgan fingerprint density at radius 3 is 2.67 bits per heavy atom. The van der Waals surface area contributed by atoms with Crippen LogP contribution in [-0.2, 0) is 5.54 Å². The molecule has 0 aliphatic carbocycles. The van der Waals surface area contributed by atoms with Crippen LogP contribution in [0, 0.1) is 12.7 Å². The summed E-state index contributed by atoms with van der Waals surface area (Å²) >= 11 is 0. The molecule has 2 aliphatic rings. The van der Waals surface area contributed by atoms with E-state index in [1.165, 1.54) is 12.1 Å². The van der Waals surface area contributed by atoms with E-state index in [2.05, 4.69) is 4.98 Å². The third-order valence-electron chi connectivity index (χ3n) is 6.82. The maximum absolute atomic E-state index is 13.7. The number of aliphatic hydroxyl groups excluding tert-OH is 1. The average Bonchev–Trinajstić information content (AvgIpc) is 3.32. The van der Waals surface area contributed by atoms with Gasteiger partial charge in [0.15, 0.2) is 0 Å². The summed E-state index contributed by atoms with van der Waals surface area (Å²) in [5, 5.41) is 10.6. The van der Waals surface area contributed by atoms with Gasteiger partial charge < -0.3 is 19.3 Å². The molecule has 1 fully saturated rings. The first-order chi connectivity index (χ1) is 17.4. The van der Waals surface area contributed by atoms with Crippen LogP contribution in [0.25, 0.3) is 11.8 Å². The summed E-state index contributed by atoms with van der Waals surface area (Å²) in [5.41, 5.74) is 3.13. The lowest BCUT2D eigenvalue weighted by molar-refractivity contribution is 0.0670. The highest BCUT2D eigenvalue weighted by Gasteiger charge is 2.49. The van der Waals surface area contributed by atoms with Gasteiger partial charge in [-0.3, -0.25) is 9.89 Å². The zero-order valence-corrected chi connectivity index (χ0v) is 20.5. The number of amides is 2. The van der Waals surface area contributed by atoms with Gasteiger partial charge in [-0.1, -0.05) is 18.2 Å². The molecule has 1 aromatic heterocycles. The van der Waals surface area contributed by atoms with E-state index < -0.39 is 5.54 Å². The number of urea groups is 1. The molecule has 186 valence electrons. The highest BCUT2D eigenvalue weighted by molar-refractivity contribution is 6.13. The molecule has 0 radical (unpaired) electrons. The Morgan fingerprint density at radius 1 is 1.22 bits per heavy atom. The van der Waals surface area contributed by atoms with Gasteiger partial charge in [0.05, 0.1) is 38.0 Å². The molecule has 9 heteroatoms. The number of halogens is 1. The third-order valence-corrected chi connectivity index (χ3v) is 6.82. The standard InChI is InChI=1S/C27H28FN5O3/c1-18-14-32(17-30-18)23-9-4-19(13-24(23)36-3)12-20-15-31(2)26(35)33-25(20)29-11-10-27(33,16-34)21-5-7-22(28)8-6-21/h4-9,12-14,17,34H,10-11,15-16H2,1-3H3. The van der Waals surface area contributed by atoms with Gasteiger partial charge in [-0.2, -0.15) is 0 Å². The molecule has 0 bridgehead atoms. The minimum atomic E-state index is -1.03. The van der Waals surface area contributed by atoms with Crippen molar-refractivity contribution in [2.75, 3.05) is 33.9 Å². The lowest BCUT2D eigenvalue weighted by atomic mass is 9.82. The molecular weight excluding hydrogens is 461 g/mol. The van der Waals surface area contributed by atoms with Crippen LogP contribution >= 0.6 is 0 Å². The predicted molar refractivity (Wildman–Crippen MR) is 135 cm³/mol. The number of aliphatic imine (C=N–C) groups is 1. The van der Waals surface area contributed by atoms with Crippen LogP contribution in [-0.4, -0.2) is 70.2 Å². The lowest BCUT2D eigenvalue weighted by Crippen LogP contribution is -2.63. The number of imidazole rings is 1. The number of hydrogen-bond acceptors (Lipinski definition) is 5. The van der Waals surface area contributed by atoms with E-state index >= 15 is 0 Å². The van der Waals surface area contributed by atoms with E-state index in [4.69, 9.17) is 9.73 Å². The molecule has 0 saturated carbocycles. The van der Waals surface area contributed by atoms with Gasteiger partial charge in [-0.15, -0.1) is 0 Å². The molecule has 1 N–H and O–H groups in total. The van der Waals surface area contributed by atoms with Gasteiger partial charge in [0, 0.05) is 25.4 Å². The number of ether oxygens (including phenoxy) is 1. The number of aryl methyl sites for hydroxylation is 1. The number of likely N-dealkylation sites (N-methyl/N-ethyl adjacent to an activating group) is 1. The van der Waals surface area contributed by atoms with Crippen LogP contribution in [0.4, 0.5) is 9.18 Å². The van der Waals surface area contributed by atoms with Gasteiger partial charge in [0.1, 0.15) is 22.9 Å². The number of aliphatic hydroxyl groups is 1. The maximum atomic E-state index is 13.7. The van der Waals surface area contributed by atoms with Crippen molar-refractivity contribution >= 4 is 17.9 Å². The minimum Gasteiger partial charge on any atom is -0.495 e. The second-order valence-electron chi connectivity index (χ2n) is 9.15. The van der Waals surface area contributed by atoms with Gasteiger partial charge in [-0.05, 0) is 54.8 Å². The van der Waals surface area contributed by atoms with Crippen molar-refractivity contribution in [1.29, 1.82) is 0 Å². The highest BCUT2D eigenvalue weighted by Crippen LogP contribution is 2.39. The number of aromatic nitrogens is 2. The number of carbonyl (C=O) groups excluding carboxylic acids is 1. The summed E-state index contributed by atoms with van der Waals surface area (Å²) in [4.78, 5) is 25.6. The topological polar surface area (TPSA) is 83.2 Å². The van der Waals surface area contributed by atoms with Crippen molar-refractivity contribution in [3.63, 3.8) is 0 Å². The van der Waals surface area contributed by atoms with Gasteiger partial charge in [-0.25, -0.2) is 14.2 Å². The normalized spacial score (nSPS) is 21.0. The number of fused-ring (bicyclic) bond motifs is 1. The molecule has 5 rings (SSSR count). The Bertz CT molecular complexity index is 1360. The molecule has 1 unspecified atom stereocenters. The largest absolute Gasteiger partial charge is 0.495 e. The molecule has 8 nitrogen and oxygen atoms in total. The molecule has 36 heavy (non-hydrogen) atoms. The number of carbonyl (C=O) groups is 1. The summed E-state index contributed by atoms with van der Waals surface area (Å²) in [5.74, 6) is 0.832. The quantitative estimate of drug-likeness (QED) is 0.592. The second kappa shape index (κ2) is 9.23. The summed E-state index contributed by atoms with van der Waals surface area (Å²) in [6.07, 6.45) is 6.08. The summed E-state index contributed by atoms with van der Waals surface area (Å²) < 4.78 is 21.2. The smallest absolute Gasteiger partial charge is 0.326 e. The number of amidine groups is 1. The van der Waals surface area contributed by atoms with Gasteiger partial charge >= 0.3 is 6.03 Å². The van der Waals surface area contributed by atoms with Crippen LogP contribution in [0.3, 0.4) is 0 Å².